The summed E-state index contributed by atoms with van der Waals surface area (Å²) in [6, 6.07) is 0. The molecule has 1 saturated heterocycles. The van der Waals surface area contributed by atoms with Crippen molar-refractivity contribution >= 4 is 5.91 Å². The number of amides is 1. The molecule has 0 aliphatic carbocycles. The minimum Gasteiger partial charge on any atom is -0.353 e. The van der Waals surface area contributed by atoms with E-state index in [-0.39, 0.29) is 5.91 Å². The van der Waals surface area contributed by atoms with Gasteiger partial charge in [-0.05, 0) is 39.4 Å². The lowest BCUT2D eigenvalue weighted by Crippen LogP contribution is -2.44. The Kier molecular flexibility index (Phi) is 6.89. The summed E-state index contributed by atoms with van der Waals surface area (Å²) in [7, 11) is 2.17. The Morgan fingerprint density at radius 2 is 1.94 bits per heavy atom. The number of rotatable bonds is 6. The highest BCUT2D eigenvalue weighted by Crippen LogP contribution is 2.01. The molecule has 4 heteroatoms. The van der Waals surface area contributed by atoms with Gasteiger partial charge in [-0.15, -0.1) is 0 Å². The molecule has 4 nitrogen and oxygen atoms in total. The molecule has 0 aromatic carbocycles. The van der Waals surface area contributed by atoms with Crippen LogP contribution in [0.25, 0.3) is 0 Å². The number of carbonyl (C=O) groups excluding carboxylic acids is 1. The number of carbonyl (C=O) groups is 1. The first-order valence-electron chi connectivity index (χ1n) is 6.54. The standard InChI is InChI=1S/C13H25N3O/c1-3-6-13(17)14-7-4-5-8-16-11-9-15(2)10-12-16/h3,6H,4-5,7-12H2,1-2H3,(H,14,17)/b6-3+. The maximum absolute atomic E-state index is 11.1. The summed E-state index contributed by atoms with van der Waals surface area (Å²) in [5.41, 5.74) is 0. The van der Waals surface area contributed by atoms with Crippen molar-refractivity contribution in [2.24, 2.45) is 0 Å². The number of piperazine rings is 1. The van der Waals surface area contributed by atoms with Gasteiger partial charge in [0, 0.05) is 32.7 Å². The summed E-state index contributed by atoms with van der Waals surface area (Å²) in [5.74, 6) is 0.0205. The van der Waals surface area contributed by atoms with Crippen molar-refractivity contribution in [1.29, 1.82) is 0 Å². The molecule has 1 fully saturated rings. The third kappa shape index (κ3) is 6.44. The number of unbranched alkanes of at least 4 members (excludes halogenated alkanes) is 1. The van der Waals surface area contributed by atoms with Crippen molar-refractivity contribution in [3.63, 3.8) is 0 Å². The summed E-state index contributed by atoms with van der Waals surface area (Å²) in [6.45, 7) is 8.52. The molecule has 0 aromatic heterocycles. The third-order valence-corrected chi connectivity index (χ3v) is 3.11. The van der Waals surface area contributed by atoms with E-state index in [1.54, 1.807) is 12.2 Å². The topological polar surface area (TPSA) is 35.6 Å². The van der Waals surface area contributed by atoms with Crippen molar-refractivity contribution < 1.29 is 4.79 Å². The third-order valence-electron chi connectivity index (χ3n) is 3.11. The zero-order valence-electron chi connectivity index (χ0n) is 11.1. The van der Waals surface area contributed by atoms with Crippen LogP contribution >= 0.6 is 0 Å². The van der Waals surface area contributed by atoms with Crippen molar-refractivity contribution in [3.05, 3.63) is 12.2 Å². The Labute approximate surface area is 105 Å². The number of nitrogens with zero attached hydrogens (tertiary/aromatic N) is 2. The highest BCUT2D eigenvalue weighted by Gasteiger charge is 2.12. The first-order valence-corrected chi connectivity index (χ1v) is 6.54. The van der Waals surface area contributed by atoms with Crippen LogP contribution in [0.3, 0.4) is 0 Å². The SMILES string of the molecule is C/C=C/C(=O)NCCCCN1CCN(C)CC1. The average molecular weight is 239 g/mol. The summed E-state index contributed by atoms with van der Waals surface area (Å²) >= 11 is 0. The maximum atomic E-state index is 11.1. The molecule has 0 radical (unpaired) electrons. The molecule has 0 bridgehead atoms. The largest absolute Gasteiger partial charge is 0.353 e. The fourth-order valence-electron chi connectivity index (χ4n) is 1.95. The van der Waals surface area contributed by atoms with E-state index in [9.17, 15) is 4.79 Å². The van der Waals surface area contributed by atoms with Crippen LogP contribution in [-0.4, -0.2) is 62.0 Å². The Morgan fingerprint density at radius 1 is 1.24 bits per heavy atom. The fraction of sp³-hybridized carbons (Fsp3) is 0.769. The molecule has 1 N–H and O–H groups in total. The van der Waals surface area contributed by atoms with E-state index in [1.165, 1.54) is 32.6 Å². The number of hydrogen-bond acceptors (Lipinski definition) is 3. The Morgan fingerprint density at radius 3 is 2.59 bits per heavy atom. The zero-order valence-corrected chi connectivity index (χ0v) is 11.1. The van der Waals surface area contributed by atoms with E-state index in [4.69, 9.17) is 0 Å². The Balaban J connectivity index is 1.95. The number of hydrogen-bond donors (Lipinski definition) is 1. The smallest absolute Gasteiger partial charge is 0.243 e. The Bertz CT molecular complexity index is 245. The van der Waals surface area contributed by atoms with Crippen LogP contribution in [0.2, 0.25) is 0 Å². The summed E-state index contributed by atoms with van der Waals surface area (Å²) in [5, 5.41) is 2.88. The summed E-state index contributed by atoms with van der Waals surface area (Å²) < 4.78 is 0. The van der Waals surface area contributed by atoms with Gasteiger partial charge in [-0.25, -0.2) is 0 Å². The fourth-order valence-corrected chi connectivity index (χ4v) is 1.95. The van der Waals surface area contributed by atoms with Gasteiger partial charge in [0.25, 0.3) is 0 Å². The lowest BCUT2D eigenvalue weighted by atomic mass is 10.2. The van der Waals surface area contributed by atoms with E-state index >= 15 is 0 Å². The van der Waals surface area contributed by atoms with Gasteiger partial charge < -0.3 is 15.1 Å². The van der Waals surface area contributed by atoms with Gasteiger partial charge >= 0.3 is 0 Å². The molecule has 0 unspecified atom stereocenters. The molecule has 17 heavy (non-hydrogen) atoms. The predicted molar refractivity (Wildman–Crippen MR) is 71.0 cm³/mol. The normalized spacial score (nSPS) is 18.7. The summed E-state index contributed by atoms with van der Waals surface area (Å²) in [4.78, 5) is 16.0. The van der Waals surface area contributed by atoms with Crippen LogP contribution in [0.4, 0.5) is 0 Å². The summed E-state index contributed by atoms with van der Waals surface area (Å²) in [6.07, 6.45) is 5.56. The second-order valence-electron chi connectivity index (χ2n) is 4.64. The van der Waals surface area contributed by atoms with Crippen molar-refractivity contribution in [3.8, 4) is 0 Å². The van der Waals surface area contributed by atoms with Crippen LogP contribution in [-0.2, 0) is 4.79 Å². The first kappa shape index (κ1) is 14.2. The minimum absolute atomic E-state index is 0.0205. The number of likely N-dealkylation sites (N-methyl/N-ethyl adjacent to an activating group) is 1. The second-order valence-corrected chi connectivity index (χ2v) is 4.64. The molecule has 98 valence electrons. The van der Waals surface area contributed by atoms with Crippen LogP contribution in [0.1, 0.15) is 19.8 Å². The van der Waals surface area contributed by atoms with Crippen LogP contribution in [0.5, 0.6) is 0 Å². The van der Waals surface area contributed by atoms with Gasteiger partial charge in [-0.3, -0.25) is 4.79 Å². The van der Waals surface area contributed by atoms with E-state index in [0.29, 0.717) is 0 Å². The van der Waals surface area contributed by atoms with Gasteiger partial charge in [0.05, 0.1) is 0 Å². The Hall–Kier alpha value is -0.870. The molecule has 1 rings (SSSR count). The lowest BCUT2D eigenvalue weighted by Gasteiger charge is -2.32. The molecule has 1 amide bonds. The van der Waals surface area contributed by atoms with Crippen molar-refractivity contribution in [2.75, 3.05) is 46.3 Å². The zero-order chi connectivity index (χ0) is 12.5. The van der Waals surface area contributed by atoms with Crippen LogP contribution in [0, 0.1) is 0 Å². The van der Waals surface area contributed by atoms with E-state index in [1.807, 2.05) is 6.92 Å². The minimum atomic E-state index is 0.0205. The maximum Gasteiger partial charge on any atom is 0.243 e. The monoisotopic (exact) mass is 239 g/mol. The number of allylic oxidation sites excluding steroid dienone is 1. The highest BCUT2D eigenvalue weighted by atomic mass is 16.1. The van der Waals surface area contributed by atoms with E-state index < -0.39 is 0 Å². The van der Waals surface area contributed by atoms with Gasteiger partial charge in [-0.2, -0.15) is 0 Å². The molecule has 0 atom stereocenters. The van der Waals surface area contributed by atoms with Crippen molar-refractivity contribution in [1.82, 2.24) is 15.1 Å². The van der Waals surface area contributed by atoms with Crippen LogP contribution < -0.4 is 5.32 Å². The molecule has 0 aromatic rings. The highest BCUT2D eigenvalue weighted by molar-refractivity contribution is 5.87. The van der Waals surface area contributed by atoms with Gasteiger partial charge in [0.1, 0.15) is 0 Å². The van der Waals surface area contributed by atoms with Gasteiger partial charge in [0.2, 0.25) is 5.91 Å². The molecule has 0 spiro atoms. The lowest BCUT2D eigenvalue weighted by molar-refractivity contribution is -0.116. The van der Waals surface area contributed by atoms with Gasteiger partial charge in [-0.1, -0.05) is 6.08 Å². The molecule has 1 heterocycles. The first-order chi connectivity index (χ1) is 8.22. The quantitative estimate of drug-likeness (QED) is 0.547. The average Bonchev–Trinajstić information content (AvgIpc) is 2.31. The van der Waals surface area contributed by atoms with E-state index in [0.717, 1.165) is 19.5 Å². The molecule has 1 aliphatic rings. The van der Waals surface area contributed by atoms with Crippen LogP contribution in [0.15, 0.2) is 12.2 Å². The molecule has 1 aliphatic heterocycles. The number of nitrogens with one attached hydrogen (secondary N) is 1. The molecular weight excluding hydrogens is 214 g/mol. The second kappa shape index (κ2) is 8.25. The molecular formula is C13H25N3O. The molecule has 0 saturated carbocycles. The van der Waals surface area contributed by atoms with E-state index in [2.05, 4.69) is 22.2 Å². The van der Waals surface area contributed by atoms with Crippen molar-refractivity contribution in [2.45, 2.75) is 19.8 Å². The van der Waals surface area contributed by atoms with Gasteiger partial charge in [0.15, 0.2) is 0 Å². The predicted octanol–water partition coefficient (Wildman–Crippen LogP) is 0.706.